The summed E-state index contributed by atoms with van der Waals surface area (Å²) in [4.78, 5) is 22.9. The Balaban J connectivity index is 1.91. The number of rotatable bonds is 2. The molecule has 1 saturated carbocycles. The molecule has 92 valence electrons. The minimum Gasteiger partial charge on any atom is -0.272 e. The summed E-state index contributed by atoms with van der Waals surface area (Å²) >= 11 is 0. The van der Waals surface area contributed by atoms with Crippen molar-refractivity contribution in [2.24, 2.45) is 16.1 Å². The molecule has 0 aromatic heterocycles. The van der Waals surface area contributed by atoms with E-state index in [-0.39, 0.29) is 11.6 Å². The van der Waals surface area contributed by atoms with Crippen molar-refractivity contribution < 1.29 is 9.59 Å². The third kappa shape index (κ3) is 2.69. The summed E-state index contributed by atoms with van der Waals surface area (Å²) in [5.41, 5.74) is 5.98. The summed E-state index contributed by atoms with van der Waals surface area (Å²) in [6.45, 7) is 1.65. The van der Waals surface area contributed by atoms with E-state index in [9.17, 15) is 9.59 Å². The first-order valence-corrected chi connectivity index (χ1v) is 5.91. The van der Waals surface area contributed by atoms with E-state index in [1.807, 2.05) is 0 Å². The Morgan fingerprint density at radius 2 is 2.12 bits per heavy atom. The number of hydrazone groups is 2. The highest BCUT2D eigenvalue weighted by molar-refractivity contribution is 6.44. The Labute approximate surface area is 99.5 Å². The molecule has 2 amide bonds. The smallest absolute Gasteiger partial charge is 0.272 e. The standard InChI is InChI=1S/C11H16N4O2/c1-7-9(13-14-10(7)16)11(17)15-12-8-5-3-2-4-6-8/h7H,2-6H2,1H3,(H,14,16)(H,15,17). The fourth-order valence-electron chi connectivity index (χ4n) is 1.94. The fourth-order valence-corrected chi connectivity index (χ4v) is 1.94. The lowest BCUT2D eigenvalue weighted by atomic mass is 9.99. The SMILES string of the molecule is CC1C(=O)NN=C1C(=O)NN=C1CCCCC1. The molecule has 2 aliphatic rings. The van der Waals surface area contributed by atoms with Crippen LogP contribution in [-0.4, -0.2) is 23.2 Å². The molecule has 0 bridgehead atoms. The largest absolute Gasteiger partial charge is 0.288 e. The molecule has 1 unspecified atom stereocenters. The van der Waals surface area contributed by atoms with Crippen molar-refractivity contribution >= 4 is 23.2 Å². The van der Waals surface area contributed by atoms with E-state index in [1.54, 1.807) is 6.92 Å². The molecular weight excluding hydrogens is 220 g/mol. The molecule has 6 nitrogen and oxygen atoms in total. The number of hydrogen-bond acceptors (Lipinski definition) is 4. The van der Waals surface area contributed by atoms with Crippen LogP contribution in [0.15, 0.2) is 10.2 Å². The van der Waals surface area contributed by atoms with Gasteiger partial charge in [0, 0.05) is 5.71 Å². The molecule has 0 spiro atoms. The number of carbonyl (C=O) groups excluding carboxylic acids is 2. The van der Waals surface area contributed by atoms with Crippen LogP contribution in [0.4, 0.5) is 0 Å². The van der Waals surface area contributed by atoms with Gasteiger partial charge in [-0.15, -0.1) is 0 Å². The second-order valence-electron chi connectivity index (χ2n) is 4.37. The predicted octanol–water partition coefficient (Wildman–Crippen LogP) is 0.545. The Kier molecular flexibility index (Phi) is 3.51. The first-order chi connectivity index (χ1) is 8.18. The molecule has 1 fully saturated rings. The number of carbonyl (C=O) groups is 2. The summed E-state index contributed by atoms with van der Waals surface area (Å²) < 4.78 is 0. The molecule has 0 aromatic carbocycles. The van der Waals surface area contributed by atoms with E-state index in [0.29, 0.717) is 0 Å². The van der Waals surface area contributed by atoms with Gasteiger partial charge in [-0.05, 0) is 32.6 Å². The fraction of sp³-hybridized carbons (Fsp3) is 0.636. The van der Waals surface area contributed by atoms with E-state index in [0.717, 1.165) is 31.4 Å². The highest BCUT2D eigenvalue weighted by atomic mass is 16.2. The van der Waals surface area contributed by atoms with E-state index >= 15 is 0 Å². The van der Waals surface area contributed by atoms with Gasteiger partial charge in [0.1, 0.15) is 5.71 Å². The van der Waals surface area contributed by atoms with Crippen molar-refractivity contribution in [3.05, 3.63) is 0 Å². The van der Waals surface area contributed by atoms with E-state index in [1.165, 1.54) is 6.42 Å². The van der Waals surface area contributed by atoms with Gasteiger partial charge in [0.05, 0.1) is 5.92 Å². The van der Waals surface area contributed by atoms with Crippen LogP contribution in [-0.2, 0) is 9.59 Å². The summed E-state index contributed by atoms with van der Waals surface area (Å²) in [6, 6.07) is 0. The highest BCUT2D eigenvalue weighted by Gasteiger charge is 2.30. The van der Waals surface area contributed by atoms with Gasteiger partial charge < -0.3 is 0 Å². The van der Waals surface area contributed by atoms with Gasteiger partial charge in [0.25, 0.3) is 5.91 Å². The summed E-state index contributed by atoms with van der Waals surface area (Å²) in [5, 5.41) is 7.78. The third-order valence-electron chi connectivity index (χ3n) is 3.07. The van der Waals surface area contributed by atoms with Crippen LogP contribution in [0.1, 0.15) is 39.0 Å². The zero-order chi connectivity index (χ0) is 12.3. The molecule has 1 atom stereocenters. The molecule has 2 N–H and O–H groups in total. The monoisotopic (exact) mass is 236 g/mol. The molecule has 6 heteroatoms. The van der Waals surface area contributed by atoms with Crippen LogP contribution in [0.25, 0.3) is 0 Å². The number of nitrogens with one attached hydrogen (secondary N) is 2. The number of hydrogen-bond donors (Lipinski definition) is 2. The topological polar surface area (TPSA) is 82.9 Å². The van der Waals surface area contributed by atoms with Gasteiger partial charge in [0.15, 0.2) is 0 Å². The normalized spacial score (nSPS) is 24.1. The number of nitrogens with zero attached hydrogens (tertiary/aromatic N) is 2. The summed E-state index contributed by atoms with van der Waals surface area (Å²) in [5.74, 6) is -1.14. The Morgan fingerprint density at radius 3 is 2.71 bits per heavy atom. The zero-order valence-electron chi connectivity index (χ0n) is 9.82. The van der Waals surface area contributed by atoms with Crippen LogP contribution in [0.2, 0.25) is 0 Å². The van der Waals surface area contributed by atoms with Crippen molar-refractivity contribution in [3.63, 3.8) is 0 Å². The maximum atomic E-state index is 11.7. The van der Waals surface area contributed by atoms with Crippen LogP contribution < -0.4 is 10.9 Å². The lowest BCUT2D eigenvalue weighted by Crippen LogP contribution is -2.32. The molecule has 1 heterocycles. The second kappa shape index (κ2) is 5.07. The van der Waals surface area contributed by atoms with Crippen molar-refractivity contribution in [1.29, 1.82) is 0 Å². The minimum atomic E-state index is -0.499. The first kappa shape index (κ1) is 11.8. The summed E-state index contributed by atoms with van der Waals surface area (Å²) in [7, 11) is 0. The molecule has 0 radical (unpaired) electrons. The average Bonchev–Trinajstić information content (AvgIpc) is 2.69. The zero-order valence-corrected chi connectivity index (χ0v) is 9.82. The van der Waals surface area contributed by atoms with E-state index in [2.05, 4.69) is 21.1 Å². The highest BCUT2D eigenvalue weighted by Crippen LogP contribution is 2.14. The van der Waals surface area contributed by atoms with E-state index < -0.39 is 11.8 Å². The van der Waals surface area contributed by atoms with E-state index in [4.69, 9.17) is 0 Å². The third-order valence-corrected chi connectivity index (χ3v) is 3.07. The van der Waals surface area contributed by atoms with Gasteiger partial charge in [0.2, 0.25) is 5.91 Å². The van der Waals surface area contributed by atoms with Gasteiger partial charge >= 0.3 is 0 Å². The maximum absolute atomic E-state index is 11.7. The Bertz CT molecular complexity index is 392. The van der Waals surface area contributed by atoms with Crippen LogP contribution in [0.5, 0.6) is 0 Å². The molecule has 17 heavy (non-hydrogen) atoms. The van der Waals surface area contributed by atoms with Crippen molar-refractivity contribution in [3.8, 4) is 0 Å². The van der Waals surface area contributed by atoms with Crippen molar-refractivity contribution in [1.82, 2.24) is 10.9 Å². The van der Waals surface area contributed by atoms with Gasteiger partial charge in [-0.25, -0.2) is 10.9 Å². The van der Waals surface area contributed by atoms with Crippen LogP contribution in [0, 0.1) is 5.92 Å². The van der Waals surface area contributed by atoms with Gasteiger partial charge in [-0.1, -0.05) is 6.42 Å². The molecule has 0 aromatic rings. The van der Waals surface area contributed by atoms with Gasteiger partial charge in [-0.3, -0.25) is 9.59 Å². The van der Waals surface area contributed by atoms with Gasteiger partial charge in [-0.2, -0.15) is 10.2 Å². The minimum absolute atomic E-state index is 0.204. The second-order valence-corrected chi connectivity index (χ2v) is 4.37. The Morgan fingerprint density at radius 1 is 1.41 bits per heavy atom. The predicted molar refractivity (Wildman–Crippen MR) is 63.4 cm³/mol. The molecule has 0 saturated heterocycles. The van der Waals surface area contributed by atoms with Crippen molar-refractivity contribution in [2.45, 2.75) is 39.0 Å². The average molecular weight is 236 g/mol. The number of amides is 2. The molecule has 2 rings (SSSR count). The quantitative estimate of drug-likeness (QED) is 0.686. The maximum Gasteiger partial charge on any atom is 0.288 e. The van der Waals surface area contributed by atoms with Crippen molar-refractivity contribution in [2.75, 3.05) is 0 Å². The Hall–Kier alpha value is -1.72. The first-order valence-electron chi connectivity index (χ1n) is 5.91. The molecule has 1 aliphatic heterocycles. The van der Waals surface area contributed by atoms with Crippen LogP contribution >= 0.6 is 0 Å². The molecular formula is C11H16N4O2. The molecule has 1 aliphatic carbocycles. The lowest BCUT2D eigenvalue weighted by Gasteiger charge is -2.12. The lowest BCUT2D eigenvalue weighted by molar-refractivity contribution is -0.122. The van der Waals surface area contributed by atoms with Crippen LogP contribution in [0.3, 0.4) is 0 Å². The summed E-state index contributed by atoms with van der Waals surface area (Å²) in [6.07, 6.45) is 5.38.